The van der Waals surface area contributed by atoms with Crippen LogP contribution in [-0.2, 0) is 4.79 Å². The molecule has 1 saturated carbocycles. The minimum Gasteiger partial charge on any atom is -0.480 e. The van der Waals surface area contributed by atoms with Crippen molar-refractivity contribution in [3.8, 4) is 0 Å². The molecule has 2 rings (SSSR count). The van der Waals surface area contributed by atoms with Crippen LogP contribution in [0.3, 0.4) is 0 Å². The summed E-state index contributed by atoms with van der Waals surface area (Å²) in [7, 11) is 0. The fourth-order valence-corrected chi connectivity index (χ4v) is 5.31. The van der Waals surface area contributed by atoms with Gasteiger partial charge >= 0.3 is 5.97 Å². The lowest BCUT2D eigenvalue weighted by Crippen LogP contribution is -2.64. The molecule has 1 heterocycles. The Kier molecular flexibility index (Phi) is 8.06. The molecule has 3 heteroatoms. The Balaban J connectivity index is 2.32. The van der Waals surface area contributed by atoms with Gasteiger partial charge in [0, 0.05) is 0 Å². The molecule has 24 heavy (non-hydrogen) atoms. The molecule has 0 aromatic carbocycles. The van der Waals surface area contributed by atoms with Gasteiger partial charge in [0.05, 0.1) is 0 Å². The van der Waals surface area contributed by atoms with Crippen molar-refractivity contribution in [2.45, 2.75) is 115 Å². The van der Waals surface area contributed by atoms with E-state index in [0.29, 0.717) is 0 Å². The van der Waals surface area contributed by atoms with E-state index in [1.165, 1.54) is 64.2 Å². The first-order valence-electron chi connectivity index (χ1n) is 10.7. The van der Waals surface area contributed by atoms with Crippen LogP contribution in [-0.4, -0.2) is 23.2 Å². The van der Waals surface area contributed by atoms with Crippen LogP contribution in [0.4, 0.5) is 0 Å². The van der Waals surface area contributed by atoms with Gasteiger partial charge in [-0.15, -0.1) is 0 Å². The second-order valence-electron chi connectivity index (χ2n) is 8.31. The van der Waals surface area contributed by atoms with Crippen molar-refractivity contribution in [1.29, 1.82) is 0 Å². The van der Waals surface area contributed by atoms with Gasteiger partial charge in [-0.25, -0.2) is 0 Å². The van der Waals surface area contributed by atoms with E-state index in [2.05, 4.69) is 12.2 Å². The summed E-state index contributed by atoms with van der Waals surface area (Å²) in [6, 6.07) is 0. The van der Waals surface area contributed by atoms with Gasteiger partial charge in [-0.05, 0) is 44.1 Å². The Bertz CT molecular complexity index is 364. The van der Waals surface area contributed by atoms with E-state index in [9.17, 15) is 9.90 Å². The number of carboxylic acids is 1. The molecule has 1 unspecified atom stereocenters. The molecule has 2 N–H and O–H groups in total. The maximum Gasteiger partial charge on any atom is 0.324 e. The predicted molar refractivity (Wildman–Crippen MR) is 100 cm³/mol. The number of aliphatic carboxylic acids is 1. The van der Waals surface area contributed by atoms with Crippen molar-refractivity contribution in [3.63, 3.8) is 0 Å². The van der Waals surface area contributed by atoms with Gasteiger partial charge in [-0.1, -0.05) is 77.6 Å². The Morgan fingerprint density at radius 1 is 0.875 bits per heavy atom. The summed E-state index contributed by atoms with van der Waals surface area (Å²) in [5.74, 6) is -0.568. The van der Waals surface area contributed by atoms with Crippen LogP contribution in [0.25, 0.3) is 0 Å². The lowest BCUT2D eigenvalue weighted by Gasteiger charge is -2.51. The van der Waals surface area contributed by atoms with E-state index in [1.807, 2.05) is 0 Å². The van der Waals surface area contributed by atoms with Crippen LogP contribution >= 0.6 is 0 Å². The zero-order valence-corrected chi connectivity index (χ0v) is 15.9. The Morgan fingerprint density at radius 2 is 1.46 bits per heavy atom. The highest BCUT2D eigenvalue weighted by Crippen LogP contribution is 2.50. The zero-order chi connectivity index (χ0) is 17.3. The molecule has 140 valence electrons. The molecular weight excluding hydrogens is 298 g/mol. The Hall–Kier alpha value is -0.570. The van der Waals surface area contributed by atoms with Crippen molar-refractivity contribution in [3.05, 3.63) is 0 Å². The van der Waals surface area contributed by atoms with Gasteiger partial charge in [0.1, 0.15) is 5.54 Å². The molecule has 0 aromatic heterocycles. The van der Waals surface area contributed by atoms with E-state index in [4.69, 9.17) is 0 Å². The minimum absolute atomic E-state index is 0.0359. The molecule has 3 nitrogen and oxygen atoms in total. The van der Waals surface area contributed by atoms with Gasteiger partial charge in [-0.2, -0.15) is 0 Å². The average molecular weight is 338 g/mol. The van der Waals surface area contributed by atoms with Crippen LogP contribution in [0, 0.1) is 5.41 Å². The number of nitrogens with one attached hydrogen (secondary N) is 1. The van der Waals surface area contributed by atoms with Crippen molar-refractivity contribution in [2.24, 2.45) is 5.41 Å². The summed E-state index contributed by atoms with van der Waals surface area (Å²) >= 11 is 0. The lowest BCUT2D eigenvalue weighted by atomic mass is 9.58. The van der Waals surface area contributed by atoms with E-state index in [0.717, 1.165) is 45.1 Å². The van der Waals surface area contributed by atoms with Gasteiger partial charge in [0.25, 0.3) is 0 Å². The highest BCUT2D eigenvalue weighted by Gasteiger charge is 2.54. The molecule has 0 radical (unpaired) electrons. The number of hydrogen-bond acceptors (Lipinski definition) is 2. The molecular formula is C21H39NO2. The van der Waals surface area contributed by atoms with Gasteiger partial charge < -0.3 is 10.4 Å². The summed E-state index contributed by atoms with van der Waals surface area (Å²) < 4.78 is 0. The number of unbranched alkanes of at least 4 members (excludes halogenated alkanes) is 2. The van der Waals surface area contributed by atoms with Crippen LogP contribution in [0.5, 0.6) is 0 Å². The van der Waals surface area contributed by atoms with Crippen molar-refractivity contribution in [1.82, 2.24) is 5.32 Å². The van der Waals surface area contributed by atoms with Crippen molar-refractivity contribution >= 4 is 5.97 Å². The molecule has 0 bridgehead atoms. The van der Waals surface area contributed by atoms with Crippen LogP contribution < -0.4 is 5.32 Å². The topological polar surface area (TPSA) is 49.3 Å². The highest BCUT2D eigenvalue weighted by molar-refractivity contribution is 5.80. The summed E-state index contributed by atoms with van der Waals surface area (Å²) in [6.07, 6.45) is 18.7. The SMILES string of the molecule is CCCCCC1(C2(C(=O)O)CCCCCCN2)CCCCCCC1. The molecule has 1 aliphatic heterocycles. The molecule has 2 fully saturated rings. The first kappa shape index (κ1) is 19.8. The zero-order valence-electron chi connectivity index (χ0n) is 15.9. The molecule has 1 atom stereocenters. The average Bonchev–Trinajstić information content (AvgIpc) is 2.50. The third-order valence-electron chi connectivity index (χ3n) is 6.75. The Morgan fingerprint density at radius 3 is 2.08 bits per heavy atom. The predicted octanol–water partition coefficient (Wildman–Crippen LogP) is 5.67. The quantitative estimate of drug-likeness (QED) is 0.613. The first-order valence-corrected chi connectivity index (χ1v) is 10.7. The highest BCUT2D eigenvalue weighted by atomic mass is 16.4. The van der Waals surface area contributed by atoms with Gasteiger partial charge in [-0.3, -0.25) is 4.79 Å². The largest absolute Gasteiger partial charge is 0.480 e. The number of hydrogen-bond donors (Lipinski definition) is 2. The third-order valence-corrected chi connectivity index (χ3v) is 6.75. The second-order valence-corrected chi connectivity index (χ2v) is 8.31. The number of carboxylic acid groups (broad SMARTS) is 1. The fraction of sp³-hybridized carbons (Fsp3) is 0.952. The summed E-state index contributed by atoms with van der Waals surface area (Å²) in [4.78, 5) is 12.6. The smallest absolute Gasteiger partial charge is 0.324 e. The third kappa shape index (κ3) is 4.53. The molecule has 1 saturated heterocycles. The molecule has 0 aromatic rings. The molecule has 2 aliphatic rings. The lowest BCUT2D eigenvalue weighted by molar-refractivity contribution is -0.155. The van der Waals surface area contributed by atoms with E-state index >= 15 is 0 Å². The van der Waals surface area contributed by atoms with E-state index < -0.39 is 11.5 Å². The van der Waals surface area contributed by atoms with Crippen LogP contribution in [0.15, 0.2) is 0 Å². The Labute approximate surface area is 149 Å². The van der Waals surface area contributed by atoms with Crippen LogP contribution in [0.1, 0.15) is 110 Å². The summed E-state index contributed by atoms with van der Waals surface area (Å²) in [5, 5.41) is 14.0. The molecule has 0 spiro atoms. The standard InChI is InChI=1S/C21H39NO2/c1-2-3-9-14-20(15-10-5-4-6-11-16-20)21(19(23)24)17-12-7-8-13-18-22-21/h22H,2-18H2,1H3,(H,23,24). The molecule has 1 aliphatic carbocycles. The second kappa shape index (κ2) is 9.79. The first-order chi connectivity index (χ1) is 11.7. The molecule has 0 amide bonds. The van der Waals surface area contributed by atoms with Crippen molar-refractivity contribution in [2.75, 3.05) is 6.54 Å². The minimum atomic E-state index is -0.682. The monoisotopic (exact) mass is 337 g/mol. The maximum atomic E-state index is 12.6. The number of rotatable bonds is 6. The van der Waals surface area contributed by atoms with E-state index in [1.54, 1.807) is 0 Å². The van der Waals surface area contributed by atoms with Gasteiger partial charge in [0.15, 0.2) is 0 Å². The van der Waals surface area contributed by atoms with Gasteiger partial charge in [0.2, 0.25) is 0 Å². The maximum absolute atomic E-state index is 12.6. The van der Waals surface area contributed by atoms with Crippen LogP contribution in [0.2, 0.25) is 0 Å². The fourth-order valence-electron chi connectivity index (χ4n) is 5.31. The summed E-state index contributed by atoms with van der Waals surface area (Å²) in [6.45, 7) is 3.12. The normalized spacial score (nSPS) is 29.0. The van der Waals surface area contributed by atoms with Crippen molar-refractivity contribution < 1.29 is 9.90 Å². The van der Waals surface area contributed by atoms with E-state index in [-0.39, 0.29) is 5.41 Å². The summed E-state index contributed by atoms with van der Waals surface area (Å²) in [5.41, 5.74) is -0.718. The number of carbonyl (C=O) groups is 1.